The van der Waals surface area contributed by atoms with Crippen LogP contribution in [0.1, 0.15) is 31.4 Å². The summed E-state index contributed by atoms with van der Waals surface area (Å²) in [6, 6.07) is 17.0. The van der Waals surface area contributed by atoms with E-state index < -0.39 is 6.04 Å². The Balaban J connectivity index is 1.33. The summed E-state index contributed by atoms with van der Waals surface area (Å²) in [5.74, 6) is -0.187. The van der Waals surface area contributed by atoms with Gasteiger partial charge in [-0.05, 0) is 43.9 Å². The Morgan fingerprint density at radius 2 is 1.74 bits per heavy atom. The summed E-state index contributed by atoms with van der Waals surface area (Å²) in [7, 11) is 0. The molecule has 1 fully saturated rings. The van der Waals surface area contributed by atoms with E-state index in [9.17, 15) is 14.4 Å². The maximum atomic E-state index is 12.6. The molecule has 0 aliphatic carbocycles. The van der Waals surface area contributed by atoms with Gasteiger partial charge in [0.25, 0.3) is 0 Å². The predicted octanol–water partition coefficient (Wildman–Crippen LogP) is 2.28. The molecule has 2 N–H and O–H groups in total. The Kier molecular flexibility index (Phi) is 6.32. The Morgan fingerprint density at radius 1 is 1.06 bits per heavy atom. The normalized spacial score (nSPS) is 16.3. The van der Waals surface area contributed by atoms with Crippen molar-refractivity contribution < 1.29 is 9.59 Å². The van der Waals surface area contributed by atoms with Crippen molar-refractivity contribution in [3.05, 3.63) is 70.6 Å². The Bertz CT molecular complexity index is 1110. The van der Waals surface area contributed by atoms with Crippen molar-refractivity contribution in [1.82, 2.24) is 19.8 Å². The number of imidazole rings is 1. The fraction of sp³-hybridized carbons (Fsp3) is 0.375. The molecule has 0 saturated carbocycles. The van der Waals surface area contributed by atoms with Crippen LogP contribution in [-0.4, -0.2) is 51.8 Å². The zero-order valence-electron chi connectivity index (χ0n) is 17.7. The number of ketones is 1. The lowest BCUT2D eigenvalue weighted by Gasteiger charge is -2.32. The number of amides is 1. The highest BCUT2D eigenvalue weighted by Gasteiger charge is 2.25. The number of Topliss-reactive ketones (excluding diaryl/α,β-unsaturated/α-hetero) is 1. The summed E-state index contributed by atoms with van der Waals surface area (Å²) in [5.41, 5.74) is 2.72. The molecule has 2 aromatic carbocycles. The van der Waals surface area contributed by atoms with Gasteiger partial charge in [0.05, 0.1) is 23.6 Å². The number of carbonyl (C=O) groups excluding carboxylic acids is 2. The molecule has 0 radical (unpaired) electrons. The van der Waals surface area contributed by atoms with Crippen LogP contribution in [0.5, 0.6) is 0 Å². The van der Waals surface area contributed by atoms with Crippen molar-refractivity contribution in [1.29, 1.82) is 0 Å². The van der Waals surface area contributed by atoms with Crippen LogP contribution in [0.4, 0.5) is 0 Å². The highest BCUT2D eigenvalue weighted by atomic mass is 16.2. The number of fused-ring (bicyclic) bond motifs is 1. The Hall–Kier alpha value is -3.19. The first-order valence-electron chi connectivity index (χ1n) is 10.8. The van der Waals surface area contributed by atoms with E-state index in [2.05, 4.69) is 15.2 Å². The van der Waals surface area contributed by atoms with Crippen LogP contribution in [-0.2, 0) is 16.0 Å². The molecule has 0 bridgehead atoms. The second-order valence-corrected chi connectivity index (χ2v) is 8.25. The minimum Gasteiger partial charge on any atom is -0.345 e. The second-order valence-electron chi connectivity index (χ2n) is 8.25. The quantitative estimate of drug-likeness (QED) is 0.614. The molecule has 1 amide bonds. The van der Waals surface area contributed by atoms with Crippen molar-refractivity contribution in [2.75, 3.05) is 19.6 Å². The van der Waals surface area contributed by atoms with E-state index in [1.807, 2.05) is 59.2 Å². The molecule has 1 aromatic heterocycles. The zero-order chi connectivity index (χ0) is 21.8. The SMILES string of the molecule is CC(=O)[C@@H](Cc1ccccc1)NC(=O)CN1CCC(n2c(=O)[nH]c3ccccc32)CC1. The van der Waals surface area contributed by atoms with Gasteiger partial charge in [0.1, 0.15) is 0 Å². The average Bonchev–Trinajstić information content (AvgIpc) is 3.10. The Labute approximate surface area is 181 Å². The van der Waals surface area contributed by atoms with Gasteiger partial charge in [0, 0.05) is 19.1 Å². The molecule has 1 aliphatic heterocycles. The number of hydrogen-bond acceptors (Lipinski definition) is 4. The predicted molar refractivity (Wildman–Crippen MR) is 120 cm³/mol. The van der Waals surface area contributed by atoms with Crippen LogP contribution in [0, 0.1) is 0 Å². The van der Waals surface area contributed by atoms with E-state index in [1.54, 1.807) is 0 Å². The van der Waals surface area contributed by atoms with Gasteiger partial charge in [0.15, 0.2) is 5.78 Å². The van der Waals surface area contributed by atoms with E-state index >= 15 is 0 Å². The van der Waals surface area contributed by atoms with Crippen LogP contribution in [0.2, 0.25) is 0 Å². The molecule has 7 heteroatoms. The molecule has 0 spiro atoms. The van der Waals surface area contributed by atoms with Crippen LogP contribution < -0.4 is 11.0 Å². The molecular weight excluding hydrogens is 392 g/mol. The lowest BCUT2D eigenvalue weighted by atomic mass is 10.0. The van der Waals surface area contributed by atoms with Gasteiger partial charge in [-0.2, -0.15) is 0 Å². The standard InChI is InChI=1S/C24H28N4O3/c1-17(29)21(15-18-7-3-2-4-8-18)25-23(30)16-27-13-11-19(12-14-27)28-22-10-6-5-9-20(22)26-24(28)31/h2-10,19,21H,11-16H2,1H3,(H,25,30)(H,26,31)/t21-/m1/s1. The fourth-order valence-electron chi connectivity index (χ4n) is 4.36. The summed E-state index contributed by atoms with van der Waals surface area (Å²) < 4.78 is 1.85. The number of H-pyrrole nitrogens is 1. The number of aromatic amines is 1. The number of piperidine rings is 1. The largest absolute Gasteiger partial charge is 0.345 e. The number of rotatable bonds is 7. The molecule has 1 saturated heterocycles. The molecule has 0 unspecified atom stereocenters. The van der Waals surface area contributed by atoms with Gasteiger partial charge in [-0.25, -0.2) is 4.79 Å². The third-order valence-corrected chi connectivity index (χ3v) is 6.02. The fourth-order valence-corrected chi connectivity index (χ4v) is 4.36. The van der Waals surface area contributed by atoms with Crippen molar-refractivity contribution in [2.45, 2.75) is 38.3 Å². The number of likely N-dealkylation sites (tertiary alicyclic amines) is 1. The van der Waals surface area contributed by atoms with Gasteiger partial charge in [-0.3, -0.25) is 19.1 Å². The maximum Gasteiger partial charge on any atom is 0.326 e. The van der Waals surface area contributed by atoms with Crippen LogP contribution in [0.25, 0.3) is 11.0 Å². The van der Waals surface area contributed by atoms with E-state index in [0.29, 0.717) is 6.42 Å². The van der Waals surface area contributed by atoms with Gasteiger partial charge < -0.3 is 10.3 Å². The monoisotopic (exact) mass is 420 g/mol. The summed E-state index contributed by atoms with van der Waals surface area (Å²) in [4.78, 5) is 42.1. The van der Waals surface area contributed by atoms with Gasteiger partial charge >= 0.3 is 5.69 Å². The average molecular weight is 421 g/mol. The van der Waals surface area contributed by atoms with E-state index in [4.69, 9.17) is 0 Å². The first-order valence-corrected chi connectivity index (χ1v) is 10.8. The molecule has 162 valence electrons. The number of carbonyl (C=O) groups is 2. The highest BCUT2D eigenvalue weighted by molar-refractivity contribution is 5.88. The summed E-state index contributed by atoms with van der Waals surface area (Å²) in [6.45, 7) is 3.23. The number of hydrogen-bond donors (Lipinski definition) is 2. The van der Waals surface area contributed by atoms with Crippen LogP contribution >= 0.6 is 0 Å². The summed E-state index contributed by atoms with van der Waals surface area (Å²) in [6.07, 6.45) is 2.10. The third kappa shape index (κ3) is 4.94. The molecule has 4 rings (SSSR count). The zero-order valence-corrected chi connectivity index (χ0v) is 17.7. The number of nitrogens with zero attached hydrogens (tertiary/aromatic N) is 2. The topological polar surface area (TPSA) is 87.2 Å². The smallest absolute Gasteiger partial charge is 0.326 e. The minimum atomic E-state index is -0.516. The summed E-state index contributed by atoms with van der Waals surface area (Å²) in [5, 5.41) is 2.89. The molecule has 3 aromatic rings. The third-order valence-electron chi connectivity index (χ3n) is 6.02. The van der Waals surface area contributed by atoms with Crippen LogP contribution in [0.3, 0.4) is 0 Å². The summed E-state index contributed by atoms with van der Waals surface area (Å²) >= 11 is 0. The van der Waals surface area contributed by atoms with E-state index in [1.165, 1.54) is 6.92 Å². The van der Waals surface area contributed by atoms with Gasteiger partial charge in [-0.1, -0.05) is 42.5 Å². The van der Waals surface area contributed by atoms with E-state index in [-0.39, 0.29) is 30.0 Å². The first kappa shape index (κ1) is 21.1. The van der Waals surface area contributed by atoms with Gasteiger partial charge in [-0.15, -0.1) is 0 Å². The van der Waals surface area contributed by atoms with Crippen molar-refractivity contribution in [2.24, 2.45) is 0 Å². The number of benzene rings is 2. The number of aromatic nitrogens is 2. The molecule has 7 nitrogen and oxygen atoms in total. The minimum absolute atomic E-state index is 0.0466. The Morgan fingerprint density at radius 3 is 2.45 bits per heavy atom. The van der Waals surface area contributed by atoms with Crippen molar-refractivity contribution >= 4 is 22.7 Å². The molecule has 1 aliphatic rings. The number of nitrogens with one attached hydrogen (secondary N) is 2. The number of para-hydroxylation sites is 2. The van der Waals surface area contributed by atoms with Crippen LogP contribution in [0.15, 0.2) is 59.4 Å². The van der Waals surface area contributed by atoms with Gasteiger partial charge in [0.2, 0.25) is 5.91 Å². The lowest BCUT2D eigenvalue weighted by Crippen LogP contribution is -2.47. The molecule has 2 heterocycles. The van der Waals surface area contributed by atoms with Crippen molar-refractivity contribution in [3.8, 4) is 0 Å². The first-order chi connectivity index (χ1) is 15.0. The highest BCUT2D eigenvalue weighted by Crippen LogP contribution is 2.24. The molecule has 31 heavy (non-hydrogen) atoms. The van der Waals surface area contributed by atoms with E-state index in [0.717, 1.165) is 42.5 Å². The molecular formula is C24H28N4O3. The maximum absolute atomic E-state index is 12.6. The molecule has 1 atom stereocenters. The lowest BCUT2D eigenvalue weighted by molar-refractivity contribution is -0.127. The van der Waals surface area contributed by atoms with Crippen molar-refractivity contribution in [3.63, 3.8) is 0 Å². The second kappa shape index (κ2) is 9.31.